The highest BCUT2D eigenvalue weighted by atomic mass is 35.5. The maximum atomic E-state index is 11.9. The molecule has 1 amide bonds. The zero-order valence-electron chi connectivity index (χ0n) is 9.70. The highest BCUT2D eigenvalue weighted by molar-refractivity contribution is 6.35. The lowest BCUT2D eigenvalue weighted by Gasteiger charge is -2.11. The summed E-state index contributed by atoms with van der Waals surface area (Å²) < 4.78 is 0. The van der Waals surface area contributed by atoms with Gasteiger partial charge in [0.05, 0.1) is 16.7 Å². The minimum Gasteiger partial charge on any atom is -0.393 e. The first-order valence-electron chi connectivity index (χ1n) is 5.83. The van der Waals surface area contributed by atoms with Crippen molar-refractivity contribution >= 4 is 29.1 Å². The number of aromatic nitrogens is 1. The molecule has 0 radical (unpaired) electrons. The minimum absolute atomic E-state index is 0.231. The lowest BCUT2D eigenvalue weighted by molar-refractivity contribution is 0.0945. The first-order chi connectivity index (χ1) is 8.56. The average molecular weight is 289 g/mol. The molecule has 98 valence electrons. The van der Waals surface area contributed by atoms with E-state index in [-0.39, 0.29) is 22.2 Å². The van der Waals surface area contributed by atoms with Crippen molar-refractivity contribution < 1.29 is 9.90 Å². The maximum absolute atomic E-state index is 11.9. The number of pyridine rings is 1. The predicted octanol–water partition coefficient (Wildman–Crippen LogP) is 2.28. The van der Waals surface area contributed by atoms with Crippen LogP contribution in [0.4, 0.5) is 0 Å². The molecule has 2 unspecified atom stereocenters. The van der Waals surface area contributed by atoms with Crippen LogP contribution in [-0.4, -0.2) is 28.6 Å². The zero-order valence-corrected chi connectivity index (χ0v) is 11.2. The number of halogens is 2. The summed E-state index contributed by atoms with van der Waals surface area (Å²) in [5.41, 5.74) is 0.329. The van der Waals surface area contributed by atoms with Gasteiger partial charge in [-0.3, -0.25) is 4.79 Å². The Labute approximate surface area is 115 Å². The fourth-order valence-corrected chi connectivity index (χ4v) is 2.50. The molecule has 0 saturated heterocycles. The molecule has 2 N–H and O–H groups in total. The first kappa shape index (κ1) is 13.6. The van der Waals surface area contributed by atoms with Crippen molar-refractivity contribution in [2.75, 3.05) is 6.54 Å². The average Bonchev–Trinajstić information content (AvgIpc) is 2.75. The molecule has 0 bridgehead atoms. The van der Waals surface area contributed by atoms with Gasteiger partial charge in [-0.2, -0.15) is 0 Å². The number of hydrogen-bond donors (Lipinski definition) is 2. The van der Waals surface area contributed by atoms with Crippen molar-refractivity contribution in [2.24, 2.45) is 5.92 Å². The Morgan fingerprint density at radius 3 is 2.94 bits per heavy atom. The number of carbonyl (C=O) groups is 1. The van der Waals surface area contributed by atoms with Crippen LogP contribution in [0.3, 0.4) is 0 Å². The van der Waals surface area contributed by atoms with E-state index < -0.39 is 0 Å². The second kappa shape index (κ2) is 5.87. The van der Waals surface area contributed by atoms with E-state index in [0.717, 1.165) is 19.3 Å². The molecular weight excluding hydrogens is 275 g/mol. The molecule has 6 heteroatoms. The van der Waals surface area contributed by atoms with E-state index in [2.05, 4.69) is 10.3 Å². The second-order valence-corrected chi connectivity index (χ2v) is 5.32. The molecule has 0 aromatic carbocycles. The van der Waals surface area contributed by atoms with Gasteiger partial charge < -0.3 is 10.4 Å². The molecule has 2 atom stereocenters. The third-order valence-corrected chi connectivity index (χ3v) is 3.64. The Hall–Kier alpha value is -0.840. The molecule has 1 aromatic heterocycles. The fourth-order valence-electron chi connectivity index (χ4n) is 2.15. The Balaban J connectivity index is 1.93. The molecule has 4 nitrogen and oxygen atoms in total. The topological polar surface area (TPSA) is 62.2 Å². The number of nitrogens with one attached hydrogen (secondary N) is 1. The van der Waals surface area contributed by atoms with Crippen molar-refractivity contribution in [3.8, 4) is 0 Å². The van der Waals surface area contributed by atoms with Gasteiger partial charge in [-0.05, 0) is 31.2 Å². The van der Waals surface area contributed by atoms with Crippen LogP contribution < -0.4 is 5.32 Å². The minimum atomic E-state index is -0.259. The van der Waals surface area contributed by atoms with Crippen LogP contribution in [-0.2, 0) is 0 Å². The standard InChI is InChI=1S/C12H14Cl2N2O2/c13-10-6-15-11(14)4-9(10)12(18)16-5-7-1-2-8(17)3-7/h4,6-8,17H,1-3,5H2,(H,16,18). The molecule has 1 heterocycles. The summed E-state index contributed by atoms with van der Waals surface area (Å²) >= 11 is 11.6. The van der Waals surface area contributed by atoms with E-state index in [9.17, 15) is 9.90 Å². The zero-order chi connectivity index (χ0) is 13.1. The van der Waals surface area contributed by atoms with Gasteiger partial charge >= 0.3 is 0 Å². The normalized spacial score (nSPS) is 23.1. The maximum Gasteiger partial charge on any atom is 0.252 e. The summed E-state index contributed by atoms with van der Waals surface area (Å²) in [7, 11) is 0. The fraction of sp³-hybridized carbons (Fsp3) is 0.500. The number of nitrogens with zero attached hydrogens (tertiary/aromatic N) is 1. The molecule has 2 rings (SSSR count). The molecule has 1 fully saturated rings. The Morgan fingerprint density at radius 2 is 2.28 bits per heavy atom. The third kappa shape index (κ3) is 3.34. The Morgan fingerprint density at radius 1 is 1.50 bits per heavy atom. The van der Waals surface area contributed by atoms with Gasteiger partial charge in [0.2, 0.25) is 0 Å². The van der Waals surface area contributed by atoms with Gasteiger partial charge in [0.25, 0.3) is 5.91 Å². The molecule has 18 heavy (non-hydrogen) atoms. The van der Waals surface area contributed by atoms with E-state index in [1.807, 2.05) is 0 Å². The molecule has 1 aliphatic rings. The van der Waals surface area contributed by atoms with Crippen LogP contribution in [0.1, 0.15) is 29.6 Å². The lowest BCUT2D eigenvalue weighted by Crippen LogP contribution is -2.29. The number of hydrogen-bond acceptors (Lipinski definition) is 3. The van der Waals surface area contributed by atoms with Gasteiger partial charge in [-0.1, -0.05) is 23.2 Å². The van der Waals surface area contributed by atoms with E-state index >= 15 is 0 Å². The van der Waals surface area contributed by atoms with Crippen LogP contribution in [0.2, 0.25) is 10.2 Å². The third-order valence-electron chi connectivity index (χ3n) is 3.13. The number of aliphatic hydroxyl groups excluding tert-OH is 1. The smallest absolute Gasteiger partial charge is 0.252 e. The molecule has 0 aliphatic heterocycles. The van der Waals surface area contributed by atoms with Crippen LogP contribution >= 0.6 is 23.2 Å². The van der Waals surface area contributed by atoms with Crippen molar-refractivity contribution in [3.05, 3.63) is 28.0 Å². The highest BCUT2D eigenvalue weighted by Gasteiger charge is 2.23. The van der Waals surface area contributed by atoms with Crippen LogP contribution in [0, 0.1) is 5.92 Å². The monoisotopic (exact) mass is 288 g/mol. The number of amides is 1. The molecule has 0 spiro atoms. The summed E-state index contributed by atoms with van der Waals surface area (Å²) in [6.07, 6.45) is 3.61. The van der Waals surface area contributed by atoms with Crippen molar-refractivity contribution in [2.45, 2.75) is 25.4 Å². The lowest BCUT2D eigenvalue weighted by atomic mass is 10.1. The van der Waals surface area contributed by atoms with Crippen LogP contribution in [0.15, 0.2) is 12.3 Å². The summed E-state index contributed by atoms with van der Waals surface area (Å²) in [6, 6.07) is 1.45. The molecular formula is C12H14Cl2N2O2. The van der Waals surface area contributed by atoms with Crippen molar-refractivity contribution in [1.82, 2.24) is 10.3 Å². The summed E-state index contributed by atoms with van der Waals surface area (Å²) in [5.74, 6) is 0.0747. The van der Waals surface area contributed by atoms with Gasteiger partial charge in [0.15, 0.2) is 0 Å². The van der Waals surface area contributed by atoms with E-state index in [0.29, 0.717) is 18.0 Å². The molecule has 1 aliphatic carbocycles. The summed E-state index contributed by atoms with van der Waals surface area (Å²) in [6.45, 7) is 0.548. The summed E-state index contributed by atoms with van der Waals surface area (Å²) in [4.78, 5) is 15.7. The van der Waals surface area contributed by atoms with Crippen LogP contribution in [0.5, 0.6) is 0 Å². The molecule has 1 saturated carbocycles. The van der Waals surface area contributed by atoms with Gasteiger partial charge in [0.1, 0.15) is 5.15 Å². The van der Waals surface area contributed by atoms with E-state index in [1.165, 1.54) is 12.3 Å². The van der Waals surface area contributed by atoms with E-state index in [4.69, 9.17) is 23.2 Å². The largest absolute Gasteiger partial charge is 0.393 e. The summed E-state index contributed by atoms with van der Waals surface area (Å²) in [5, 5.41) is 12.7. The second-order valence-electron chi connectivity index (χ2n) is 4.53. The van der Waals surface area contributed by atoms with Crippen LogP contribution in [0.25, 0.3) is 0 Å². The van der Waals surface area contributed by atoms with Gasteiger partial charge in [-0.15, -0.1) is 0 Å². The highest BCUT2D eigenvalue weighted by Crippen LogP contribution is 2.25. The number of carbonyl (C=O) groups excluding carboxylic acids is 1. The van der Waals surface area contributed by atoms with Gasteiger partial charge in [0, 0.05) is 12.7 Å². The number of aliphatic hydroxyl groups is 1. The Bertz CT molecular complexity index is 454. The number of rotatable bonds is 3. The first-order valence-corrected chi connectivity index (χ1v) is 6.59. The predicted molar refractivity (Wildman–Crippen MR) is 69.9 cm³/mol. The van der Waals surface area contributed by atoms with E-state index in [1.54, 1.807) is 0 Å². The quantitative estimate of drug-likeness (QED) is 0.839. The Kier molecular flexibility index (Phi) is 4.43. The van der Waals surface area contributed by atoms with Crippen molar-refractivity contribution in [1.29, 1.82) is 0 Å². The SMILES string of the molecule is O=C(NCC1CCC(O)C1)c1cc(Cl)ncc1Cl. The van der Waals surface area contributed by atoms with Gasteiger partial charge in [-0.25, -0.2) is 4.98 Å². The van der Waals surface area contributed by atoms with Crippen molar-refractivity contribution in [3.63, 3.8) is 0 Å². The molecule has 1 aromatic rings.